The van der Waals surface area contributed by atoms with Crippen molar-refractivity contribution in [2.24, 2.45) is 0 Å². The third kappa shape index (κ3) is 7.39. The number of phosphoric ester groups is 1. The molecule has 0 aromatic heterocycles. The Morgan fingerprint density at radius 3 is 1.45 bits per heavy atom. The summed E-state index contributed by atoms with van der Waals surface area (Å²) in [6, 6.07) is 16.4. The van der Waals surface area contributed by atoms with Crippen LogP contribution in [0.4, 0.5) is 0 Å². The van der Waals surface area contributed by atoms with Crippen molar-refractivity contribution in [1.82, 2.24) is 0 Å². The van der Waals surface area contributed by atoms with Crippen LogP contribution in [0.1, 0.15) is 0 Å². The van der Waals surface area contributed by atoms with E-state index in [9.17, 15) is 9.46 Å². The van der Waals surface area contributed by atoms with Gasteiger partial charge in [0.15, 0.2) is 0 Å². The van der Waals surface area contributed by atoms with Gasteiger partial charge in [-0.1, -0.05) is 59.0 Å². The predicted octanol–water partition coefficient (Wildman–Crippen LogP) is 3.82. The van der Waals surface area contributed by atoms with E-state index in [1.165, 1.54) is 0 Å². The summed E-state index contributed by atoms with van der Waals surface area (Å²) in [5, 5.41) is 0. The van der Waals surface area contributed by atoms with Gasteiger partial charge in [0.1, 0.15) is 11.5 Å². The van der Waals surface area contributed by atoms with Crippen LogP contribution in [0.25, 0.3) is 0 Å². The van der Waals surface area contributed by atoms with Gasteiger partial charge in [-0.05, 0) is 24.3 Å². The molecule has 0 unspecified atom stereocenters. The van der Waals surface area contributed by atoms with Crippen LogP contribution in [0, 0.1) is 4.93 Å². The van der Waals surface area contributed by atoms with E-state index in [0.717, 1.165) is 0 Å². The van der Waals surface area contributed by atoms with Crippen molar-refractivity contribution in [3.8, 4) is 11.5 Å². The van der Waals surface area contributed by atoms with Crippen molar-refractivity contribution in [1.29, 1.82) is 0 Å². The second kappa shape index (κ2) is 10.3. The van der Waals surface area contributed by atoms with Gasteiger partial charge in [0.05, 0.1) is 0 Å². The third-order valence-corrected chi connectivity index (χ3v) is 2.79. The molecule has 2 rings (SSSR count). The van der Waals surface area contributed by atoms with Crippen LogP contribution in [0.2, 0.25) is 0 Å². The Labute approximate surface area is 145 Å². The van der Waals surface area contributed by atoms with Crippen LogP contribution in [-0.2, 0) is 24.0 Å². The monoisotopic (exact) mass is 454 g/mol. The Bertz CT molecular complexity index is 479. The minimum atomic E-state index is -4.39. The van der Waals surface area contributed by atoms with Crippen LogP contribution in [-0.4, -0.2) is 0 Å². The van der Waals surface area contributed by atoms with Crippen molar-refractivity contribution < 1.29 is 38.0 Å². The van der Waals surface area contributed by atoms with E-state index in [2.05, 4.69) is 4.93 Å². The number of halogens is 1. The van der Waals surface area contributed by atoms with Gasteiger partial charge in [0.2, 0.25) is 0 Å². The zero-order valence-electron chi connectivity index (χ0n) is 10.6. The molecule has 103 valence electrons. The summed E-state index contributed by atoms with van der Waals surface area (Å²) in [7, 11) is -4.39. The predicted molar refractivity (Wildman–Crippen MR) is 81.1 cm³/mol. The summed E-state index contributed by atoms with van der Waals surface area (Å²) in [5.74, 6) is 0.448. The fourth-order valence-electron chi connectivity index (χ4n) is 1.24. The molecule has 0 bridgehead atoms. The molecule has 0 aliphatic heterocycles. The molecule has 0 amide bonds. The fourth-order valence-corrected chi connectivity index (χ4v) is 2.04. The van der Waals surface area contributed by atoms with Crippen molar-refractivity contribution in [2.75, 3.05) is 0 Å². The summed E-state index contributed by atoms with van der Waals surface area (Å²) in [6.45, 7) is 0. The zero-order valence-corrected chi connectivity index (χ0v) is 16.7. The summed E-state index contributed by atoms with van der Waals surface area (Å²) in [6.07, 6.45) is 0. The largest absolute Gasteiger partial charge is 0.736 e. The number of rotatable bonds is 4. The fraction of sp³-hybridized carbons (Fsp3) is 0. The smallest absolute Gasteiger partial charge is 0.372 e. The minimum absolute atomic E-state index is 0. The molecule has 0 atom stereocenters. The first-order valence-electron chi connectivity index (χ1n) is 5.23. The quantitative estimate of drug-likeness (QED) is 0.400. The number of para-hydroxylation sites is 2. The van der Waals surface area contributed by atoms with Gasteiger partial charge in [-0.3, -0.25) is 0 Å². The Balaban J connectivity index is 0.00000115. The maximum Gasteiger partial charge on any atom is 0.372 e. The Hall–Kier alpha value is -0.417. The second-order valence-corrected chi connectivity index (χ2v) is 4.52. The van der Waals surface area contributed by atoms with Crippen LogP contribution >= 0.6 is 30.4 Å². The molecule has 4 nitrogen and oxygen atoms in total. The van der Waals surface area contributed by atoms with E-state index in [4.69, 9.17) is 9.05 Å². The molecule has 0 N–H and O–H groups in total. The number of benzene rings is 2. The standard InChI is InChI=1S/C12H11O4P.CH2I.Zn/c13-17(14,15-11-7-3-1-4-8-11)16-12-9-5-2-6-10-12;1-2;/h1-10H,(H,13,14);1H2;/p-1. The van der Waals surface area contributed by atoms with Crippen LogP contribution < -0.4 is 13.9 Å². The first-order valence-corrected chi connectivity index (χ1v) is 8.21. The average Bonchev–Trinajstić information content (AvgIpc) is 2.42. The molecule has 0 aliphatic carbocycles. The molecule has 0 saturated heterocycles. The van der Waals surface area contributed by atoms with Gasteiger partial charge in [0, 0.05) is 24.4 Å². The Morgan fingerprint density at radius 1 is 0.850 bits per heavy atom. The molecule has 7 heteroatoms. The summed E-state index contributed by atoms with van der Waals surface area (Å²) < 4.78 is 21.1. The van der Waals surface area contributed by atoms with E-state index in [-0.39, 0.29) is 31.0 Å². The summed E-state index contributed by atoms with van der Waals surface area (Å²) >= 11 is 1.90. The Morgan fingerprint density at radius 2 is 1.15 bits per heavy atom. The van der Waals surface area contributed by atoms with E-state index in [1.807, 2.05) is 22.6 Å². The first kappa shape index (κ1) is 19.6. The van der Waals surface area contributed by atoms with Crippen molar-refractivity contribution in [3.05, 3.63) is 65.6 Å². The molecular weight excluding hydrogens is 443 g/mol. The summed E-state index contributed by atoms with van der Waals surface area (Å²) in [5.41, 5.74) is 0. The van der Waals surface area contributed by atoms with E-state index in [0.29, 0.717) is 0 Å². The molecule has 2 aromatic carbocycles. The molecule has 0 saturated carbocycles. The van der Waals surface area contributed by atoms with Gasteiger partial charge in [-0.15, -0.1) is 0 Å². The van der Waals surface area contributed by atoms with Gasteiger partial charge >= 0.3 is 7.82 Å². The number of hydrogen-bond donors (Lipinski definition) is 0. The zero-order chi connectivity index (χ0) is 14.1. The molecule has 0 fully saturated rings. The molecular formula is C13H12IO4PZn-. The van der Waals surface area contributed by atoms with Crippen LogP contribution in [0.15, 0.2) is 60.7 Å². The first-order chi connectivity index (χ1) is 9.16. The maximum atomic E-state index is 11.6. The van der Waals surface area contributed by atoms with Crippen LogP contribution in [0.3, 0.4) is 0 Å². The van der Waals surface area contributed by atoms with Crippen molar-refractivity contribution in [3.63, 3.8) is 0 Å². The maximum absolute atomic E-state index is 11.6. The molecule has 0 spiro atoms. The topological polar surface area (TPSA) is 58.6 Å². The number of hydrogen-bond acceptors (Lipinski definition) is 4. The van der Waals surface area contributed by atoms with Crippen molar-refractivity contribution in [2.45, 2.75) is 0 Å². The number of phosphoric acid groups is 1. The molecule has 1 radical (unpaired) electrons. The molecule has 0 aliphatic rings. The Kier molecular flexibility index (Phi) is 10.1. The van der Waals surface area contributed by atoms with Gasteiger partial charge in [-0.2, -0.15) is 0 Å². The normalized spacial score (nSPS) is 9.55. The average molecular weight is 456 g/mol. The van der Waals surface area contributed by atoms with Gasteiger partial charge in [-0.25, -0.2) is 4.57 Å². The summed E-state index contributed by atoms with van der Waals surface area (Å²) in [4.78, 5) is 14.8. The minimum Gasteiger partial charge on any atom is -0.736 e. The van der Waals surface area contributed by atoms with Gasteiger partial charge < -0.3 is 13.9 Å². The molecule has 20 heavy (non-hydrogen) atoms. The van der Waals surface area contributed by atoms with Gasteiger partial charge in [0.25, 0.3) is 0 Å². The van der Waals surface area contributed by atoms with E-state index >= 15 is 0 Å². The molecule has 0 heterocycles. The molecule has 2 aromatic rings. The second-order valence-electron chi connectivity index (χ2n) is 3.26. The van der Waals surface area contributed by atoms with Crippen LogP contribution in [0.5, 0.6) is 11.5 Å². The SMILES string of the molecule is O=P([O-])(Oc1ccccc1)Oc1ccccc1.[CH2]I.[Zn]. The van der Waals surface area contributed by atoms with E-state index in [1.54, 1.807) is 60.7 Å². The third-order valence-electron chi connectivity index (χ3n) is 1.92. The van der Waals surface area contributed by atoms with E-state index < -0.39 is 7.82 Å². The van der Waals surface area contributed by atoms with Crippen molar-refractivity contribution >= 4 is 30.4 Å².